The molecule has 7 nitrogen and oxygen atoms in total. The number of hydrogen-bond acceptors (Lipinski definition) is 7. The first-order valence-electron chi connectivity index (χ1n) is 14.7. The van der Waals surface area contributed by atoms with E-state index >= 15 is 0 Å². The van der Waals surface area contributed by atoms with Crippen molar-refractivity contribution in [2.45, 2.75) is 142 Å². The van der Waals surface area contributed by atoms with Crippen molar-refractivity contribution in [1.82, 2.24) is 0 Å². The van der Waals surface area contributed by atoms with Crippen LogP contribution >= 0.6 is 0 Å². The Balaban J connectivity index is 0. The third kappa shape index (κ3) is 15.8. The highest BCUT2D eigenvalue weighted by Gasteiger charge is 2.40. The third-order valence-electron chi connectivity index (χ3n) is 7.25. The zero-order valence-electron chi connectivity index (χ0n) is 26.3. The highest BCUT2D eigenvalue weighted by molar-refractivity contribution is 4.72. The van der Waals surface area contributed by atoms with Crippen LogP contribution in [-0.2, 0) is 33.2 Å². The van der Waals surface area contributed by atoms with E-state index in [1.54, 1.807) is 49.8 Å². The van der Waals surface area contributed by atoms with Crippen molar-refractivity contribution in [3.05, 3.63) is 0 Å². The third-order valence-corrected chi connectivity index (χ3v) is 7.25. The van der Waals surface area contributed by atoms with Crippen molar-refractivity contribution in [2.75, 3.05) is 49.8 Å². The average molecular weight is 537 g/mol. The quantitative estimate of drug-likeness (QED) is 0.0862. The van der Waals surface area contributed by atoms with E-state index in [9.17, 15) is 0 Å². The van der Waals surface area contributed by atoms with Crippen LogP contribution < -0.4 is 0 Å². The van der Waals surface area contributed by atoms with E-state index in [2.05, 4.69) is 20.8 Å². The first-order valence-corrected chi connectivity index (χ1v) is 14.7. The molecule has 0 aromatic heterocycles. The minimum atomic E-state index is -1.09. The van der Waals surface area contributed by atoms with Gasteiger partial charge in [0.25, 0.3) is 5.97 Å². The molecule has 0 saturated carbocycles. The van der Waals surface area contributed by atoms with E-state index in [1.807, 2.05) is 0 Å². The first-order chi connectivity index (χ1) is 17.9. The van der Waals surface area contributed by atoms with Crippen molar-refractivity contribution in [3.8, 4) is 0 Å². The van der Waals surface area contributed by atoms with Gasteiger partial charge < -0.3 is 33.2 Å². The smallest absolute Gasteiger partial charge is 0.310 e. The summed E-state index contributed by atoms with van der Waals surface area (Å²) >= 11 is 0. The van der Waals surface area contributed by atoms with E-state index in [4.69, 9.17) is 33.2 Å². The fraction of sp³-hybridized carbons (Fsp3) is 1.00. The van der Waals surface area contributed by atoms with Crippen molar-refractivity contribution in [3.63, 3.8) is 0 Å². The zero-order chi connectivity index (χ0) is 28.4. The molecule has 0 N–H and O–H groups in total. The molecule has 0 bridgehead atoms. The zero-order valence-corrected chi connectivity index (χ0v) is 26.3. The Labute approximate surface area is 230 Å². The molecule has 0 aromatic rings. The van der Waals surface area contributed by atoms with Gasteiger partial charge in [0.1, 0.15) is 6.10 Å². The van der Waals surface area contributed by atoms with Gasteiger partial charge in [-0.25, -0.2) is 0 Å². The lowest BCUT2D eigenvalue weighted by atomic mass is 9.93. The molecular weight excluding hydrogens is 472 g/mol. The number of unbranched alkanes of at least 4 members (excludes halogenated alkanes) is 10. The minimum absolute atomic E-state index is 0.205. The lowest BCUT2D eigenvalue weighted by molar-refractivity contribution is -0.392. The van der Waals surface area contributed by atoms with Crippen LogP contribution in [0.25, 0.3) is 0 Å². The molecule has 0 aromatic carbocycles. The predicted octanol–water partition coefficient (Wildman–Crippen LogP) is 8.09. The molecular formula is C30H64O7. The second-order valence-electron chi connectivity index (χ2n) is 9.75. The van der Waals surface area contributed by atoms with Crippen molar-refractivity contribution >= 4 is 0 Å². The number of ether oxygens (including phenoxy) is 7. The normalized spacial score (nSPS) is 13.8. The van der Waals surface area contributed by atoms with Gasteiger partial charge in [-0.3, -0.25) is 0 Å². The largest absolute Gasteiger partial charge is 0.373 e. The Hall–Kier alpha value is -0.280. The lowest BCUT2D eigenvalue weighted by Crippen LogP contribution is -2.48. The van der Waals surface area contributed by atoms with Gasteiger partial charge in [0, 0.05) is 55.7 Å². The Morgan fingerprint density at radius 2 is 0.784 bits per heavy atom. The molecule has 0 saturated heterocycles. The van der Waals surface area contributed by atoms with Gasteiger partial charge in [-0.2, -0.15) is 0 Å². The van der Waals surface area contributed by atoms with E-state index in [1.165, 1.54) is 70.6 Å². The molecule has 2 atom stereocenters. The Bertz CT molecular complexity index is 437. The second kappa shape index (κ2) is 26.0. The average Bonchev–Trinajstić information content (AvgIpc) is 2.93. The summed E-state index contributed by atoms with van der Waals surface area (Å²) in [6, 6.07) is 0. The van der Waals surface area contributed by atoms with E-state index < -0.39 is 11.9 Å². The van der Waals surface area contributed by atoms with Gasteiger partial charge >= 0.3 is 5.97 Å². The Morgan fingerprint density at radius 3 is 1.14 bits per heavy atom. The van der Waals surface area contributed by atoms with Gasteiger partial charge in [0.05, 0.1) is 0 Å². The molecule has 0 radical (unpaired) electrons. The molecule has 37 heavy (non-hydrogen) atoms. The molecule has 0 aliphatic heterocycles. The molecule has 226 valence electrons. The molecule has 0 aliphatic carbocycles. The SMILES string of the molecule is CCCCCCCCC(CCC)C(OC)(OC)OC.CCCCCCCCC(OC)C(OC)(OC)OC. The van der Waals surface area contributed by atoms with Crippen molar-refractivity contribution < 1.29 is 33.2 Å². The molecule has 7 heteroatoms. The van der Waals surface area contributed by atoms with Crippen LogP contribution in [0.5, 0.6) is 0 Å². The lowest BCUT2D eigenvalue weighted by Gasteiger charge is -2.36. The maximum absolute atomic E-state index is 5.50. The number of hydrogen-bond donors (Lipinski definition) is 0. The fourth-order valence-corrected chi connectivity index (χ4v) is 4.96. The van der Waals surface area contributed by atoms with Crippen LogP contribution in [0.2, 0.25) is 0 Å². The summed E-state index contributed by atoms with van der Waals surface area (Å²) in [6.07, 6.45) is 19.4. The molecule has 0 rings (SSSR count). The molecule has 0 spiro atoms. The van der Waals surface area contributed by atoms with Crippen LogP contribution in [-0.4, -0.2) is 67.8 Å². The van der Waals surface area contributed by atoms with E-state index in [0.29, 0.717) is 5.92 Å². The summed E-state index contributed by atoms with van der Waals surface area (Å²) in [5.41, 5.74) is 0. The Morgan fingerprint density at radius 1 is 0.405 bits per heavy atom. The Kier molecular flexibility index (Phi) is 27.3. The second-order valence-corrected chi connectivity index (χ2v) is 9.75. The predicted molar refractivity (Wildman–Crippen MR) is 153 cm³/mol. The van der Waals surface area contributed by atoms with Gasteiger partial charge in [0.15, 0.2) is 0 Å². The van der Waals surface area contributed by atoms with Crippen LogP contribution in [0.15, 0.2) is 0 Å². The van der Waals surface area contributed by atoms with Gasteiger partial charge in [-0.05, 0) is 19.3 Å². The van der Waals surface area contributed by atoms with Crippen molar-refractivity contribution in [1.29, 1.82) is 0 Å². The summed E-state index contributed by atoms with van der Waals surface area (Å²) in [4.78, 5) is 0. The van der Waals surface area contributed by atoms with Crippen LogP contribution in [0.1, 0.15) is 124 Å². The molecule has 0 aliphatic rings. The number of rotatable bonds is 25. The highest BCUT2D eigenvalue weighted by Crippen LogP contribution is 2.32. The summed E-state index contributed by atoms with van der Waals surface area (Å²) in [5.74, 6) is -1.64. The van der Waals surface area contributed by atoms with Gasteiger partial charge in [-0.1, -0.05) is 104 Å². The minimum Gasteiger partial charge on any atom is -0.373 e. The summed E-state index contributed by atoms with van der Waals surface area (Å²) < 4.78 is 37.9. The van der Waals surface area contributed by atoms with Crippen LogP contribution in [0, 0.1) is 5.92 Å². The maximum atomic E-state index is 5.50. The monoisotopic (exact) mass is 536 g/mol. The van der Waals surface area contributed by atoms with E-state index in [-0.39, 0.29) is 6.10 Å². The molecule has 0 heterocycles. The molecule has 0 amide bonds. The van der Waals surface area contributed by atoms with Crippen molar-refractivity contribution in [2.24, 2.45) is 5.92 Å². The first kappa shape index (κ1) is 38.9. The fourth-order valence-electron chi connectivity index (χ4n) is 4.96. The summed E-state index contributed by atoms with van der Waals surface area (Å²) in [6.45, 7) is 6.67. The highest BCUT2D eigenvalue weighted by atomic mass is 16.9. The summed E-state index contributed by atoms with van der Waals surface area (Å²) in [7, 11) is 11.4. The molecule has 0 fully saturated rings. The van der Waals surface area contributed by atoms with Crippen LogP contribution in [0.3, 0.4) is 0 Å². The van der Waals surface area contributed by atoms with Gasteiger partial charge in [0.2, 0.25) is 0 Å². The molecule has 2 unspecified atom stereocenters. The summed E-state index contributed by atoms with van der Waals surface area (Å²) in [5, 5.41) is 0. The number of methoxy groups -OCH3 is 7. The maximum Gasteiger partial charge on any atom is 0.310 e. The van der Waals surface area contributed by atoms with E-state index in [0.717, 1.165) is 32.1 Å². The van der Waals surface area contributed by atoms with Crippen LogP contribution in [0.4, 0.5) is 0 Å². The topological polar surface area (TPSA) is 64.6 Å². The standard InChI is InChI=1S/C16H34O3.C14H30O4/c1-6-8-9-10-11-12-14-15(13-7-2)16(17-3,18-4)19-5;1-6-7-8-9-10-11-12-13(15-2)14(16-3,17-4)18-5/h15H,6-14H2,1-5H3;13H,6-12H2,1-5H3. The van der Waals surface area contributed by atoms with Gasteiger partial charge in [-0.15, -0.1) is 0 Å².